The SMILES string of the molecule is Cc1ccc(Br)cc1CNC(=O)N(C)CC(C)O. The van der Waals surface area contributed by atoms with E-state index < -0.39 is 6.10 Å². The molecule has 1 atom stereocenters. The molecule has 18 heavy (non-hydrogen) atoms. The molecule has 0 aliphatic heterocycles. The zero-order chi connectivity index (χ0) is 13.7. The third-order valence-electron chi connectivity index (χ3n) is 2.63. The molecule has 0 saturated carbocycles. The molecule has 0 saturated heterocycles. The fraction of sp³-hybridized carbons (Fsp3) is 0.462. The van der Waals surface area contributed by atoms with Crippen LogP contribution in [0, 0.1) is 6.92 Å². The Hall–Kier alpha value is -1.07. The van der Waals surface area contributed by atoms with Crippen molar-refractivity contribution in [2.24, 2.45) is 0 Å². The summed E-state index contributed by atoms with van der Waals surface area (Å²) in [4.78, 5) is 13.2. The maximum absolute atomic E-state index is 11.7. The predicted molar refractivity (Wildman–Crippen MR) is 75.4 cm³/mol. The van der Waals surface area contributed by atoms with Gasteiger partial charge < -0.3 is 15.3 Å². The zero-order valence-corrected chi connectivity index (χ0v) is 12.5. The van der Waals surface area contributed by atoms with Crippen molar-refractivity contribution in [1.29, 1.82) is 0 Å². The third kappa shape index (κ3) is 4.66. The average molecular weight is 315 g/mol. The number of aliphatic hydroxyl groups excluding tert-OH is 1. The summed E-state index contributed by atoms with van der Waals surface area (Å²) in [5.74, 6) is 0. The smallest absolute Gasteiger partial charge is 0.317 e. The molecule has 0 radical (unpaired) electrons. The van der Waals surface area contributed by atoms with Crippen molar-refractivity contribution in [2.45, 2.75) is 26.5 Å². The first-order valence-electron chi connectivity index (χ1n) is 5.82. The lowest BCUT2D eigenvalue weighted by molar-refractivity contribution is 0.143. The Labute approximate surface area is 116 Å². The number of nitrogens with one attached hydrogen (secondary N) is 1. The molecule has 100 valence electrons. The number of aliphatic hydroxyl groups is 1. The molecule has 1 aromatic carbocycles. The van der Waals surface area contributed by atoms with E-state index in [1.165, 1.54) is 4.90 Å². The first-order valence-corrected chi connectivity index (χ1v) is 6.61. The second-order valence-electron chi connectivity index (χ2n) is 4.46. The van der Waals surface area contributed by atoms with Crippen molar-refractivity contribution in [3.8, 4) is 0 Å². The number of rotatable bonds is 4. The van der Waals surface area contributed by atoms with Gasteiger partial charge in [-0.15, -0.1) is 0 Å². The lowest BCUT2D eigenvalue weighted by Gasteiger charge is -2.19. The van der Waals surface area contributed by atoms with Crippen LogP contribution in [0.4, 0.5) is 4.79 Å². The maximum atomic E-state index is 11.7. The Kier molecular flexibility index (Phi) is 5.62. The number of carbonyl (C=O) groups is 1. The molecule has 1 aromatic rings. The van der Waals surface area contributed by atoms with E-state index in [-0.39, 0.29) is 6.03 Å². The highest BCUT2D eigenvalue weighted by atomic mass is 79.9. The molecule has 0 spiro atoms. The fourth-order valence-corrected chi connectivity index (χ4v) is 2.02. The van der Waals surface area contributed by atoms with Crippen LogP contribution >= 0.6 is 15.9 Å². The van der Waals surface area contributed by atoms with E-state index in [9.17, 15) is 9.90 Å². The molecular weight excluding hydrogens is 296 g/mol. The van der Waals surface area contributed by atoms with Crippen LogP contribution in [0.1, 0.15) is 18.1 Å². The van der Waals surface area contributed by atoms with Gasteiger partial charge in [-0.1, -0.05) is 22.0 Å². The van der Waals surface area contributed by atoms with Gasteiger partial charge in [0.15, 0.2) is 0 Å². The van der Waals surface area contributed by atoms with Gasteiger partial charge in [0.25, 0.3) is 0 Å². The second-order valence-corrected chi connectivity index (χ2v) is 5.37. The first kappa shape index (κ1) is 15.0. The van der Waals surface area contributed by atoms with Gasteiger partial charge in [-0.2, -0.15) is 0 Å². The minimum Gasteiger partial charge on any atom is -0.392 e. The quantitative estimate of drug-likeness (QED) is 0.896. The van der Waals surface area contributed by atoms with Gasteiger partial charge in [-0.25, -0.2) is 4.79 Å². The number of amides is 2. The highest BCUT2D eigenvalue weighted by Gasteiger charge is 2.10. The highest BCUT2D eigenvalue weighted by molar-refractivity contribution is 9.10. The Morgan fingerprint density at radius 2 is 2.22 bits per heavy atom. The van der Waals surface area contributed by atoms with Crippen LogP contribution in [0.5, 0.6) is 0 Å². The van der Waals surface area contributed by atoms with E-state index in [1.807, 2.05) is 25.1 Å². The third-order valence-corrected chi connectivity index (χ3v) is 3.12. The number of benzene rings is 1. The summed E-state index contributed by atoms with van der Waals surface area (Å²) in [6.07, 6.45) is -0.520. The van der Waals surface area contributed by atoms with Crippen molar-refractivity contribution in [2.75, 3.05) is 13.6 Å². The molecule has 4 nitrogen and oxygen atoms in total. The van der Waals surface area contributed by atoms with Crippen molar-refractivity contribution >= 4 is 22.0 Å². The van der Waals surface area contributed by atoms with Crippen LogP contribution in [0.15, 0.2) is 22.7 Å². The number of aryl methyl sites for hydroxylation is 1. The Morgan fingerprint density at radius 3 is 2.83 bits per heavy atom. The monoisotopic (exact) mass is 314 g/mol. The van der Waals surface area contributed by atoms with Crippen LogP contribution in [0.2, 0.25) is 0 Å². The predicted octanol–water partition coefficient (Wildman–Crippen LogP) is 2.28. The van der Waals surface area contributed by atoms with Crippen molar-refractivity contribution in [3.63, 3.8) is 0 Å². The van der Waals surface area contributed by atoms with Gasteiger partial charge in [0, 0.05) is 24.6 Å². The number of hydrogen-bond acceptors (Lipinski definition) is 2. The summed E-state index contributed by atoms with van der Waals surface area (Å²) >= 11 is 3.41. The van der Waals surface area contributed by atoms with Crippen LogP contribution in [-0.4, -0.2) is 35.7 Å². The van der Waals surface area contributed by atoms with Crippen molar-refractivity contribution in [3.05, 3.63) is 33.8 Å². The Morgan fingerprint density at radius 1 is 1.56 bits per heavy atom. The standard InChI is InChI=1S/C13H19BrN2O2/c1-9-4-5-12(14)6-11(9)7-15-13(18)16(3)8-10(2)17/h4-6,10,17H,7-8H2,1-3H3,(H,15,18). The Balaban J connectivity index is 2.54. The average Bonchev–Trinajstić information content (AvgIpc) is 2.29. The molecule has 2 N–H and O–H groups in total. The summed E-state index contributed by atoms with van der Waals surface area (Å²) in [6.45, 7) is 4.47. The molecule has 0 aliphatic rings. The topological polar surface area (TPSA) is 52.6 Å². The van der Waals surface area contributed by atoms with Gasteiger partial charge >= 0.3 is 6.03 Å². The summed E-state index contributed by atoms with van der Waals surface area (Å²) in [6, 6.07) is 5.78. The zero-order valence-electron chi connectivity index (χ0n) is 10.9. The van der Waals surface area contributed by atoms with Gasteiger partial charge in [0.2, 0.25) is 0 Å². The van der Waals surface area contributed by atoms with Crippen LogP contribution < -0.4 is 5.32 Å². The molecule has 0 fully saturated rings. The fourth-order valence-electron chi connectivity index (χ4n) is 1.62. The summed E-state index contributed by atoms with van der Waals surface area (Å²) in [5.41, 5.74) is 2.21. The number of urea groups is 1. The first-order chi connectivity index (χ1) is 8.40. The van der Waals surface area contributed by atoms with E-state index in [1.54, 1.807) is 14.0 Å². The van der Waals surface area contributed by atoms with Gasteiger partial charge in [-0.05, 0) is 37.1 Å². The van der Waals surface area contributed by atoms with E-state index >= 15 is 0 Å². The second kappa shape index (κ2) is 6.75. The molecule has 0 aliphatic carbocycles. The van der Waals surface area contributed by atoms with Gasteiger partial charge in [-0.3, -0.25) is 0 Å². The van der Waals surface area contributed by atoms with Crippen molar-refractivity contribution in [1.82, 2.24) is 10.2 Å². The minimum absolute atomic E-state index is 0.185. The number of nitrogens with zero attached hydrogens (tertiary/aromatic N) is 1. The largest absolute Gasteiger partial charge is 0.392 e. The van der Waals surface area contributed by atoms with E-state index in [2.05, 4.69) is 21.2 Å². The normalized spacial score (nSPS) is 12.1. The summed E-state index contributed by atoms with van der Waals surface area (Å²) in [5, 5.41) is 12.0. The summed E-state index contributed by atoms with van der Waals surface area (Å²) in [7, 11) is 1.66. The number of halogens is 1. The number of carbonyl (C=O) groups excluding carboxylic acids is 1. The van der Waals surface area contributed by atoms with Gasteiger partial charge in [0.05, 0.1) is 6.10 Å². The summed E-state index contributed by atoms with van der Waals surface area (Å²) < 4.78 is 0.995. The van der Waals surface area contributed by atoms with Crippen LogP contribution in [-0.2, 0) is 6.54 Å². The molecule has 1 rings (SSSR count). The molecule has 1 unspecified atom stereocenters. The minimum atomic E-state index is -0.520. The van der Waals surface area contributed by atoms with E-state index in [0.29, 0.717) is 13.1 Å². The van der Waals surface area contributed by atoms with Gasteiger partial charge in [0.1, 0.15) is 0 Å². The maximum Gasteiger partial charge on any atom is 0.317 e. The van der Waals surface area contributed by atoms with E-state index in [0.717, 1.165) is 15.6 Å². The molecular formula is C13H19BrN2O2. The van der Waals surface area contributed by atoms with Crippen molar-refractivity contribution < 1.29 is 9.90 Å². The lowest BCUT2D eigenvalue weighted by Crippen LogP contribution is -2.40. The number of hydrogen-bond donors (Lipinski definition) is 2. The molecule has 0 aromatic heterocycles. The van der Waals surface area contributed by atoms with E-state index in [4.69, 9.17) is 0 Å². The molecule has 0 bridgehead atoms. The van der Waals surface area contributed by atoms with Crippen LogP contribution in [0.3, 0.4) is 0 Å². The number of likely N-dealkylation sites (N-methyl/N-ethyl adjacent to an activating group) is 1. The van der Waals surface area contributed by atoms with Crippen LogP contribution in [0.25, 0.3) is 0 Å². The lowest BCUT2D eigenvalue weighted by atomic mass is 10.1. The Bertz CT molecular complexity index is 421. The molecule has 0 heterocycles. The highest BCUT2D eigenvalue weighted by Crippen LogP contribution is 2.15. The molecule has 2 amide bonds. The molecule has 5 heteroatoms.